The Hall–Kier alpha value is -2.22. The number of hydrogen-bond donors (Lipinski definition) is 0. The van der Waals surface area contributed by atoms with Gasteiger partial charge >= 0.3 is 0 Å². The van der Waals surface area contributed by atoms with Crippen LogP contribution in [0.2, 0.25) is 0 Å². The predicted octanol–water partition coefficient (Wildman–Crippen LogP) is 1.55. The Bertz CT molecular complexity index is 665. The van der Waals surface area contributed by atoms with Crippen molar-refractivity contribution in [3.63, 3.8) is 0 Å². The van der Waals surface area contributed by atoms with Crippen LogP contribution in [0, 0.1) is 0 Å². The largest absolute Gasteiger partial charge is 0.338 e. The highest BCUT2D eigenvalue weighted by molar-refractivity contribution is 7.98. The van der Waals surface area contributed by atoms with Crippen molar-refractivity contribution in [1.82, 2.24) is 30.3 Å². The van der Waals surface area contributed by atoms with E-state index >= 15 is 0 Å². The molecule has 0 atom stereocenters. The molecule has 2 heterocycles. The van der Waals surface area contributed by atoms with E-state index in [1.165, 1.54) is 11.8 Å². The predicted molar refractivity (Wildman–Crippen MR) is 68.1 cm³/mol. The molecular formula is C11H10N6OS. The van der Waals surface area contributed by atoms with Crippen LogP contribution >= 0.6 is 11.8 Å². The third-order valence-corrected chi connectivity index (χ3v) is 3.40. The van der Waals surface area contributed by atoms with Gasteiger partial charge in [0, 0.05) is 12.6 Å². The van der Waals surface area contributed by atoms with Crippen LogP contribution in [0.5, 0.6) is 0 Å². The Balaban J connectivity index is 1.70. The SMILES string of the molecule is Cn1nnnc1SCc1nc(-c2ccccc2)no1. The van der Waals surface area contributed by atoms with Crippen molar-refractivity contribution >= 4 is 11.8 Å². The first-order valence-corrected chi connectivity index (χ1v) is 6.54. The van der Waals surface area contributed by atoms with Crippen molar-refractivity contribution in [2.75, 3.05) is 0 Å². The Kier molecular flexibility index (Phi) is 3.23. The van der Waals surface area contributed by atoms with Crippen LogP contribution in [-0.4, -0.2) is 30.3 Å². The summed E-state index contributed by atoms with van der Waals surface area (Å²) in [4.78, 5) is 4.33. The molecule has 0 aliphatic rings. The minimum Gasteiger partial charge on any atom is -0.338 e. The van der Waals surface area contributed by atoms with E-state index in [0.717, 1.165) is 5.56 Å². The number of aryl methyl sites for hydroxylation is 1. The molecule has 7 nitrogen and oxygen atoms in total. The van der Waals surface area contributed by atoms with Gasteiger partial charge in [0.05, 0.1) is 5.75 Å². The van der Waals surface area contributed by atoms with Crippen LogP contribution in [-0.2, 0) is 12.8 Å². The molecule has 2 aromatic heterocycles. The lowest BCUT2D eigenvalue weighted by atomic mass is 10.2. The second-order valence-corrected chi connectivity index (χ2v) is 4.69. The van der Waals surface area contributed by atoms with E-state index < -0.39 is 0 Å². The molecule has 0 aliphatic carbocycles. The van der Waals surface area contributed by atoms with Crippen molar-refractivity contribution < 1.29 is 4.52 Å². The quantitative estimate of drug-likeness (QED) is 0.667. The number of nitrogens with zero attached hydrogens (tertiary/aromatic N) is 6. The summed E-state index contributed by atoms with van der Waals surface area (Å²) in [7, 11) is 1.78. The van der Waals surface area contributed by atoms with Gasteiger partial charge in [0.15, 0.2) is 0 Å². The van der Waals surface area contributed by atoms with Crippen LogP contribution in [0.15, 0.2) is 40.0 Å². The maximum atomic E-state index is 5.20. The minimum atomic E-state index is 0.536. The average molecular weight is 274 g/mol. The van der Waals surface area contributed by atoms with Gasteiger partial charge in [-0.1, -0.05) is 47.3 Å². The summed E-state index contributed by atoms with van der Waals surface area (Å²) in [5, 5.41) is 15.8. The van der Waals surface area contributed by atoms with Gasteiger partial charge in [-0.3, -0.25) is 0 Å². The first-order valence-electron chi connectivity index (χ1n) is 5.56. The molecule has 0 aliphatic heterocycles. The first-order chi connectivity index (χ1) is 9.33. The second-order valence-electron chi connectivity index (χ2n) is 3.75. The van der Waals surface area contributed by atoms with Gasteiger partial charge in [-0.25, -0.2) is 4.68 Å². The van der Waals surface area contributed by atoms with Gasteiger partial charge < -0.3 is 4.52 Å². The first kappa shape index (κ1) is 11.8. The molecule has 1 aromatic carbocycles. The van der Waals surface area contributed by atoms with Gasteiger partial charge in [0.2, 0.25) is 16.9 Å². The number of tetrazole rings is 1. The number of benzene rings is 1. The van der Waals surface area contributed by atoms with Gasteiger partial charge in [-0.15, -0.1) is 5.10 Å². The zero-order valence-corrected chi connectivity index (χ0v) is 10.9. The molecule has 3 rings (SSSR count). The van der Waals surface area contributed by atoms with Gasteiger partial charge in [-0.05, 0) is 10.4 Å². The molecule has 0 unspecified atom stereocenters. The van der Waals surface area contributed by atoms with Crippen LogP contribution in [0.3, 0.4) is 0 Å². The van der Waals surface area contributed by atoms with Crippen molar-refractivity contribution in [3.8, 4) is 11.4 Å². The van der Waals surface area contributed by atoms with Gasteiger partial charge in [0.1, 0.15) is 0 Å². The van der Waals surface area contributed by atoms with Crippen molar-refractivity contribution in [2.45, 2.75) is 10.9 Å². The molecular weight excluding hydrogens is 264 g/mol. The lowest BCUT2D eigenvalue weighted by Crippen LogP contribution is -1.93. The van der Waals surface area contributed by atoms with Crippen LogP contribution < -0.4 is 0 Å². The highest BCUT2D eigenvalue weighted by Crippen LogP contribution is 2.20. The molecule has 0 amide bonds. The second kappa shape index (κ2) is 5.19. The molecule has 0 saturated carbocycles. The summed E-state index contributed by atoms with van der Waals surface area (Å²) >= 11 is 1.45. The third kappa shape index (κ3) is 2.63. The Labute approximate surface area is 113 Å². The summed E-state index contributed by atoms with van der Waals surface area (Å²) in [6.45, 7) is 0. The molecule has 0 spiro atoms. The van der Waals surface area contributed by atoms with E-state index in [4.69, 9.17) is 4.52 Å². The van der Waals surface area contributed by atoms with E-state index in [1.54, 1.807) is 11.7 Å². The van der Waals surface area contributed by atoms with E-state index in [0.29, 0.717) is 22.6 Å². The minimum absolute atomic E-state index is 0.536. The number of thioether (sulfide) groups is 1. The van der Waals surface area contributed by atoms with Crippen LogP contribution in [0.4, 0.5) is 0 Å². The zero-order chi connectivity index (χ0) is 13.1. The topological polar surface area (TPSA) is 82.5 Å². The molecule has 19 heavy (non-hydrogen) atoms. The molecule has 96 valence electrons. The summed E-state index contributed by atoms with van der Waals surface area (Å²) in [6, 6.07) is 9.70. The Morgan fingerprint density at radius 1 is 1.26 bits per heavy atom. The normalized spacial score (nSPS) is 10.8. The van der Waals surface area contributed by atoms with Crippen molar-refractivity contribution in [1.29, 1.82) is 0 Å². The molecule has 0 radical (unpaired) electrons. The third-order valence-electron chi connectivity index (χ3n) is 2.41. The Morgan fingerprint density at radius 2 is 2.11 bits per heavy atom. The van der Waals surface area contributed by atoms with Gasteiger partial charge in [-0.2, -0.15) is 4.98 Å². The molecule has 3 aromatic rings. The maximum Gasteiger partial charge on any atom is 0.237 e. The number of aromatic nitrogens is 6. The van der Waals surface area contributed by atoms with E-state index in [1.807, 2.05) is 30.3 Å². The molecule has 0 fully saturated rings. The smallest absolute Gasteiger partial charge is 0.237 e. The lowest BCUT2D eigenvalue weighted by Gasteiger charge is -1.94. The fraction of sp³-hybridized carbons (Fsp3) is 0.182. The fourth-order valence-corrected chi connectivity index (χ4v) is 2.18. The average Bonchev–Trinajstić information content (AvgIpc) is 3.06. The Morgan fingerprint density at radius 3 is 2.84 bits per heavy atom. The molecule has 0 bridgehead atoms. The van der Waals surface area contributed by atoms with Crippen LogP contribution in [0.1, 0.15) is 5.89 Å². The van der Waals surface area contributed by atoms with Gasteiger partial charge in [0.25, 0.3) is 0 Å². The highest BCUT2D eigenvalue weighted by atomic mass is 32.2. The lowest BCUT2D eigenvalue weighted by molar-refractivity contribution is 0.391. The summed E-state index contributed by atoms with van der Waals surface area (Å²) < 4.78 is 6.79. The molecule has 0 saturated heterocycles. The monoisotopic (exact) mass is 274 g/mol. The fourth-order valence-electron chi connectivity index (χ4n) is 1.49. The molecule has 0 N–H and O–H groups in total. The number of hydrogen-bond acceptors (Lipinski definition) is 7. The maximum absolute atomic E-state index is 5.20. The summed E-state index contributed by atoms with van der Waals surface area (Å²) in [6.07, 6.45) is 0. The summed E-state index contributed by atoms with van der Waals surface area (Å²) in [5.41, 5.74) is 0.933. The van der Waals surface area contributed by atoms with Crippen molar-refractivity contribution in [2.24, 2.45) is 7.05 Å². The van der Waals surface area contributed by atoms with E-state index in [9.17, 15) is 0 Å². The highest BCUT2D eigenvalue weighted by Gasteiger charge is 2.10. The van der Waals surface area contributed by atoms with E-state index in [-0.39, 0.29) is 0 Å². The molecule has 8 heteroatoms. The zero-order valence-electron chi connectivity index (χ0n) is 10.1. The standard InChI is InChI=1S/C11H10N6OS/c1-17-11(13-15-16-17)19-7-9-12-10(14-18-9)8-5-3-2-4-6-8/h2-6H,7H2,1H3. The van der Waals surface area contributed by atoms with E-state index in [2.05, 4.69) is 25.7 Å². The summed E-state index contributed by atoms with van der Waals surface area (Å²) in [5.74, 6) is 1.67. The van der Waals surface area contributed by atoms with Crippen molar-refractivity contribution in [3.05, 3.63) is 36.2 Å². The number of rotatable bonds is 4. The van der Waals surface area contributed by atoms with Crippen LogP contribution in [0.25, 0.3) is 11.4 Å².